The van der Waals surface area contributed by atoms with Gasteiger partial charge in [-0.15, -0.1) is 0 Å². The standard InChI is InChI=1S/C19H21N3O3/c1-12-7-5-6-8-16(12)24-10-9-22(4)19(23)15-11-13(2)20-18-17(15)14(3)21-25-18/h5-8,11H,9-10H2,1-4H3. The number of ether oxygens (including phenoxy) is 1. The van der Waals surface area contributed by atoms with Gasteiger partial charge in [0.05, 0.1) is 23.2 Å². The lowest BCUT2D eigenvalue weighted by Crippen LogP contribution is -2.31. The first-order valence-corrected chi connectivity index (χ1v) is 8.15. The maximum absolute atomic E-state index is 12.8. The Morgan fingerprint density at radius 3 is 2.76 bits per heavy atom. The zero-order valence-corrected chi connectivity index (χ0v) is 14.9. The smallest absolute Gasteiger partial charge is 0.258 e. The second-order valence-corrected chi connectivity index (χ2v) is 6.10. The third-order valence-corrected chi connectivity index (χ3v) is 4.10. The van der Waals surface area contributed by atoms with E-state index in [2.05, 4.69) is 10.1 Å². The molecule has 0 saturated carbocycles. The molecule has 0 saturated heterocycles. The van der Waals surface area contributed by atoms with E-state index >= 15 is 0 Å². The molecule has 6 nitrogen and oxygen atoms in total. The van der Waals surface area contributed by atoms with Crippen LogP contribution in [0.25, 0.3) is 11.1 Å². The third-order valence-electron chi connectivity index (χ3n) is 4.10. The highest BCUT2D eigenvalue weighted by atomic mass is 16.5. The molecule has 0 N–H and O–H groups in total. The Hall–Kier alpha value is -2.89. The van der Waals surface area contributed by atoms with Crippen molar-refractivity contribution in [2.45, 2.75) is 20.8 Å². The molecule has 0 radical (unpaired) electrons. The van der Waals surface area contributed by atoms with Gasteiger partial charge >= 0.3 is 0 Å². The number of amides is 1. The average Bonchev–Trinajstić information content (AvgIpc) is 2.96. The van der Waals surface area contributed by atoms with E-state index in [4.69, 9.17) is 9.26 Å². The first kappa shape index (κ1) is 17.0. The zero-order valence-electron chi connectivity index (χ0n) is 14.9. The first-order chi connectivity index (χ1) is 12.0. The van der Waals surface area contributed by atoms with Crippen LogP contribution in [0.4, 0.5) is 0 Å². The number of likely N-dealkylation sites (N-methyl/N-ethyl adjacent to an activating group) is 1. The number of aryl methyl sites for hydroxylation is 3. The van der Waals surface area contributed by atoms with E-state index in [1.165, 1.54) is 0 Å². The predicted octanol–water partition coefficient (Wildman–Crippen LogP) is 3.30. The van der Waals surface area contributed by atoms with Crippen molar-refractivity contribution in [1.82, 2.24) is 15.0 Å². The Morgan fingerprint density at radius 2 is 2.00 bits per heavy atom. The van der Waals surface area contributed by atoms with Gasteiger partial charge in [-0.3, -0.25) is 4.79 Å². The summed E-state index contributed by atoms with van der Waals surface area (Å²) in [7, 11) is 1.76. The second kappa shape index (κ2) is 6.93. The van der Waals surface area contributed by atoms with Gasteiger partial charge in [-0.25, -0.2) is 4.98 Å². The number of hydrogen-bond acceptors (Lipinski definition) is 5. The van der Waals surface area contributed by atoms with E-state index in [-0.39, 0.29) is 5.91 Å². The average molecular weight is 339 g/mol. The molecule has 0 atom stereocenters. The van der Waals surface area contributed by atoms with Crippen LogP contribution in [0.2, 0.25) is 0 Å². The monoisotopic (exact) mass is 339 g/mol. The van der Waals surface area contributed by atoms with Crippen LogP contribution in [0, 0.1) is 20.8 Å². The quantitative estimate of drug-likeness (QED) is 0.713. The molecule has 0 aliphatic heterocycles. The highest BCUT2D eigenvalue weighted by Gasteiger charge is 2.20. The molecule has 6 heteroatoms. The number of rotatable bonds is 5. The number of nitrogens with zero attached hydrogens (tertiary/aromatic N) is 3. The summed E-state index contributed by atoms with van der Waals surface area (Å²) in [6.45, 7) is 6.52. The Kier molecular flexibility index (Phi) is 4.70. The number of para-hydroxylation sites is 1. The number of hydrogen-bond donors (Lipinski definition) is 0. The van der Waals surface area contributed by atoms with Gasteiger partial charge in [-0.05, 0) is 38.5 Å². The number of benzene rings is 1. The van der Waals surface area contributed by atoms with Crippen LogP contribution >= 0.6 is 0 Å². The van der Waals surface area contributed by atoms with Gasteiger partial charge < -0.3 is 14.2 Å². The Bertz CT molecular complexity index is 917. The number of aromatic nitrogens is 2. The number of fused-ring (bicyclic) bond motifs is 1. The zero-order chi connectivity index (χ0) is 18.0. The fourth-order valence-electron chi connectivity index (χ4n) is 2.70. The van der Waals surface area contributed by atoms with Crippen LogP contribution in [0.3, 0.4) is 0 Å². The van der Waals surface area contributed by atoms with Crippen molar-refractivity contribution >= 4 is 17.0 Å². The van der Waals surface area contributed by atoms with E-state index in [9.17, 15) is 4.79 Å². The van der Waals surface area contributed by atoms with E-state index < -0.39 is 0 Å². The minimum atomic E-state index is -0.102. The van der Waals surface area contributed by atoms with Crippen molar-refractivity contribution in [1.29, 1.82) is 0 Å². The van der Waals surface area contributed by atoms with Gasteiger partial charge in [0.25, 0.3) is 11.6 Å². The summed E-state index contributed by atoms with van der Waals surface area (Å²) in [5, 5.41) is 4.59. The lowest BCUT2D eigenvalue weighted by atomic mass is 10.1. The minimum Gasteiger partial charge on any atom is -0.491 e. The first-order valence-electron chi connectivity index (χ1n) is 8.15. The summed E-state index contributed by atoms with van der Waals surface area (Å²) >= 11 is 0. The maximum atomic E-state index is 12.8. The van der Waals surface area contributed by atoms with Crippen molar-refractivity contribution in [3.05, 3.63) is 52.8 Å². The minimum absolute atomic E-state index is 0.102. The lowest BCUT2D eigenvalue weighted by Gasteiger charge is -2.18. The van der Waals surface area contributed by atoms with Crippen LogP contribution in [0.5, 0.6) is 5.75 Å². The summed E-state index contributed by atoms with van der Waals surface area (Å²) in [5.74, 6) is 0.732. The van der Waals surface area contributed by atoms with Gasteiger partial charge in [0.1, 0.15) is 12.4 Å². The molecule has 3 rings (SSSR count). The summed E-state index contributed by atoms with van der Waals surface area (Å²) < 4.78 is 11.0. The highest BCUT2D eigenvalue weighted by molar-refractivity contribution is 6.05. The summed E-state index contributed by atoms with van der Waals surface area (Å²) in [6.07, 6.45) is 0. The van der Waals surface area contributed by atoms with E-state index in [1.54, 1.807) is 24.9 Å². The molecule has 1 aromatic carbocycles. The predicted molar refractivity (Wildman–Crippen MR) is 94.9 cm³/mol. The number of carbonyl (C=O) groups is 1. The molecule has 0 unspecified atom stereocenters. The van der Waals surface area contributed by atoms with Crippen molar-refractivity contribution in [3.63, 3.8) is 0 Å². The molecule has 0 spiro atoms. The summed E-state index contributed by atoms with van der Waals surface area (Å²) in [6, 6.07) is 9.59. The molecule has 2 heterocycles. The molecule has 0 aliphatic rings. The van der Waals surface area contributed by atoms with Crippen LogP contribution in [-0.2, 0) is 0 Å². The molecule has 0 bridgehead atoms. The van der Waals surface area contributed by atoms with Crippen molar-refractivity contribution < 1.29 is 14.1 Å². The van der Waals surface area contributed by atoms with Crippen molar-refractivity contribution in [2.75, 3.05) is 20.2 Å². The topological polar surface area (TPSA) is 68.5 Å². The molecule has 3 aromatic rings. The Balaban J connectivity index is 1.73. The van der Waals surface area contributed by atoms with Gasteiger partial charge in [-0.1, -0.05) is 23.4 Å². The van der Waals surface area contributed by atoms with Crippen LogP contribution in [-0.4, -0.2) is 41.1 Å². The highest BCUT2D eigenvalue weighted by Crippen LogP contribution is 2.23. The normalized spacial score (nSPS) is 10.9. The SMILES string of the molecule is Cc1cc(C(=O)N(C)CCOc2ccccc2C)c2c(C)noc2n1. The molecular weight excluding hydrogens is 318 g/mol. The van der Waals surface area contributed by atoms with Crippen molar-refractivity contribution in [3.8, 4) is 5.75 Å². The van der Waals surface area contributed by atoms with E-state index in [1.807, 2.05) is 38.1 Å². The van der Waals surface area contributed by atoms with E-state index in [0.29, 0.717) is 35.5 Å². The van der Waals surface area contributed by atoms with Crippen LogP contribution < -0.4 is 4.74 Å². The molecule has 25 heavy (non-hydrogen) atoms. The van der Waals surface area contributed by atoms with E-state index in [0.717, 1.165) is 17.0 Å². The molecule has 1 amide bonds. The molecule has 0 aliphatic carbocycles. The van der Waals surface area contributed by atoms with Gasteiger partial charge in [0.15, 0.2) is 0 Å². The molecule has 0 fully saturated rings. The number of carbonyl (C=O) groups excluding carboxylic acids is 1. The van der Waals surface area contributed by atoms with Crippen molar-refractivity contribution in [2.24, 2.45) is 0 Å². The summed E-state index contributed by atoms with van der Waals surface area (Å²) in [4.78, 5) is 18.8. The van der Waals surface area contributed by atoms with Crippen LogP contribution in [0.1, 0.15) is 27.3 Å². The van der Waals surface area contributed by atoms with Gasteiger partial charge in [0, 0.05) is 12.7 Å². The number of pyridine rings is 1. The largest absolute Gasteiger partial charge is 0.491 e. The Morgan fingerprint density at radius 1 is 1.24 bits per heavy atom. The fraction of sp³-hybridized carbons (Fsp3) is 0.316. The van der Waals surface area contributed by atoms with Crippen LogP contribution in [0.15, 0.2) is 34.9 Å². The van der Waals surface area contributed by atoms with Gasteiger partial charge in [0.2, 0.25) is 0 Å². The third kappa shape index (κ3) is 3.47. The lowest BCUT2D eigenvalue weighted by molar-refractivity contribution is 0.0775. The second-order valence-electron chi connectivity index (χ2n) is 6.10. The molecular formula is C19H21N3O3. The molecule has 130 valence electrons. The summed E-state index contributed by atoms with van der Waals surface area (Å²) in [5.41, 5.74) is 3.40. The molecule has 2 aromatic heterocycles. The van der Waals surface area contributed by atoms with Gasteiger partial charge in [-0.2, -0.15) is 0 Å². The maximum Gasteiger partial charge on any atom is 0.258 e. The Labute approximate surface area is 146 Å². The fourth-order valence-corrected chi connectivity index (χ4v) is 2.70.